The SMILES string of the molecule is CC1(C)c2ccccc2-c2c(N(c3cccc(-c4cccc5ccccc45)c3)c3cccc4c3-c3ccccc3C43c4ccccc4-c4ccccc43)cccc21. The Kier molecular flexibility index (Phi) is 6.67. The molecule has 0 saturated heterocycles. The van der Waals surface area contributed by atoms with Crippen LogP contribution in [0.4, 0.5) is 17.1 Å². The van der Waals surface area contributed by atoms with Gasteiger partial charge in [-0.15, -0.1) is 0 Å². The van der Waals surface area contributed by atoms with Crippen molar-refractivity contribution in [3.05, 3.63) is 234 Å². The highest BCUT2D eigenvalue weighted by molar-refractivity contribution is 6.04. The lowest BCUT2D eigenvalue weighted by Gasteiger charge is -2.33. The molecule has 12 rings (SSSR count). The monoisotopic (exact) mass is 725 g/mol. The highest BCUT2D eigenvalue weighted by Crippen LogP contribution is 2.65. The Morgan fingerprint density at radius 3 is 1.51 bits per heavy atom. The molecule has 0 aromatic heterocycles. The van der Waals surface area contributed by atoms with Crippen molar-refractivity contribution in [2.24, 2.45) is 0 Å². The summed E-state index contributed by atoms with van der Waals surface area (Å²) in [6, 6.07) is 75.0. The van der Waals surface area contributed by atoms with E-state index in [9.17, 15) is 0 Å². The number of benzene rings is 9. The lowest BCUT2D eigenvalue weighted by atomic mass is 9.70. The van der Waals surface area contributed by atoms with Crippen molar-refractivity contribution < 1.29 is 0 Å². The van der Waals surface area contributed by atoms with E-state index in [2.05, 4.69) is 219 Å². The third-order valence-corrected chi connectivity index (χ3v) is 13.3. The van der Waals surface area contributed by atoms with Gasteiger partial charge in [0.25, 0.3) is 0 Å². The number of nitrogens with zero attached hydrogens (tertiary/aromatic N) is 1. The summed E-state index contributed by atoms with van der Waals surface area (Å²) in [4.78, 5) is 2.58. The van der Waals surface area contributed by atoms with E-state index in [1.54, 1.807) is 0 Å². The van der Waals surface area contributed by atoms with Gasteiger partial charge in [-0.05, 0) is 102 Å². The zero-order chi connectivity index (χ0) is 37.9. The van der Waals surface area contributed by atoms with Crippen LogP contribution in [0.15, 0.2) is 200 Å². The number of hydrogen-bond donors (Lipinski definition) is 0. The zero-order valence-electron chi connectivity index (χ0n) is 32.0. The number of fused-ring (bicyclic) bond motifs is 14. The predicted molar refractivity (Wildman–Crippen MR) is 238 cm³/mol. The molecule has 0 bridgehead atoms. The molecule has 0 heterocycles. The van der Waals surface area contributed by atoms with Gasteiger partial charge in [-0.1, -0.05) is 190 Å². The summed E-state index contributed by atoms with van der Waals surface area (Å²) in [5.41, 5.74) is 21.4. The average Bonchev–Trinajstić information content (AvgIpc) is 3.83. The average molecular weight is 726 g/mol. The molecule has 0 radical (unpaired) electrons. The second-order valence-corrected chi connectivity index (χ2v) is 16.4. The first-order chi connectivity index (χ1) is 28.1. The Morgan fingerprint density at radius 1 is 0.351 bits per heavy atom. The molecular formula is C56H39N. The maximum Gasteiger partial charge on any atom is 0.0726 e. The molecule has 0 amide bonds. The van der Waals surface area contributed by atoms with Crippen molar-refractivity contribution >= 4 is 27.8 Å². The molecule has 0 atom stereocenters. The van der Waals surface area contributed by atoms with Crippen LogP contribution in [0.5, 0.6) is 0 Å². The van der Waals surface area contributed by atoms with E-state index >= 15 is 0 Å². The van der Waals surface area contributed by atoms with Crippen LogP contribution in [-0.4, -0.2) is 0 Å². The van der Waals surface area contributed by atoms with Gasteiger partial charge < -0.3 is 4.90 Å². The first-order valence-electron chi connectivity index (χ1n) is 20.1. The summed E-state index contributed by atoms with van der Waals surface area (Å²) in [5.74, 6) is 0. The van der Waals surface area contributed by atoms with Crippen molar-refractivity contribution in [2.45, 2.75) is 24.7 Å². The normalized spacial score (nSPS) is 14.4. The van der Waals surface area contributed by atoms with Gasteiger partial charge in [0.2, 0.25) is 0 Å². The van der Waals surface area contributed by atoms with Crippen LogP contribution in [-0.2, 0) is 10.8 Å². The van der Waals surface area contributed by atoms with E-state index < -0.39 is 5.41 Å². The van der Waals surface area contributed by atoms with Gasteiger partial charge in [-0.2, -0.15) is 0 Å². The first kappa shape index (κ1) is 32.3. The molecule has 1 spiro atoms. The fraction of sp³-hybridized carbons (Fsp3) is 0.0714. The van der Waals surface area contributed by atoms with Crippen LogP contribution in [0, 0.1) is 0 Å². The number of anilines is 3. The van der Waals surface area contributed by atoms with Crippen molar-refractivity contribution in [3.8, 4) is 44.5 Å². The molecule has 0 unspecified atom stereocenters. The van der Waals surface area contributed by atoms with Crippen molar-refractivity contribution in [1.29, 1.82) is 0 Å². The van der Waals surface area contributed by atoms with Crippen LogP contribution in [0.2, 0.25) is 0 Å². The summed E-state index contributed by atoms with van der Waals surface area (Å²) in [6.07, 6.45) is 0. The molecule has 57 heavy (non-hydrogen) atoms. The Balaban J connectivity index is 1.18. The fourth-order valence-electron chi connectivity index (χ4n) is 10.9. The van der Waals surface area contributed by atoms with Gasteiger partial charge in [0.1, 0.15) is 0 Å². The van der Waals surface area contributed by atoms with E-state index in [4.69, 9.17) is 0 Å². The van der Waals surface area contributed by atoms with E-state index in [-0.39, 0.29) is 5.41 Å². The van der Waals surface area contributed by atoms with E-state index in [0.29, 0.717) is 0 Å². The molecule has 268 valence electrons. The minimum absolute atomic E-state index is 0.134. The van der Waals surface area contributed by atoms with Crippen molar-refractivity contribution in [2.75, 3.05) is 4.90 Å². The first-order valence-corrected chi connectivity index (χ1v) is 20.1. The van der Waals surface area contributed by atoms with Gasteiger partial charge in [0, 0.05) is 22.2 Å². The molecule has 0 fully saturated rings. The Hall–Kier alpha value is -6.96. The summed E-state index contributed by atoms with van der Waals surface area (Å²) in [5, 5.41) is 2.51. The number of rotatable bonds is 4. The van der Waals surface area contributed by atoms with Crippen LogP contribution in [0.25, 0.3) is 55.3 Å². The van der Waals surface area contributed by atoms with Crippen LogP contribution in [0.1, 0.15) is 47.2 Å². The van der Waals surface area contributed by atoms with Gasteiger partial charge in [-0.25, -0.2) is 0 Å². The van der Waals surface area contributed by atoms with Gasteiger partial charge in [-0.3, -0.25) is 0 Å². The quantitative estimate of drug-likeness (QED) is 0.175. The molecule has 0 aliphatic heterocycles. The second-order valence-electron chi connectivity index (χ2n) is 16.4. The largest absolute Gasteiger partial charge is 0.309 e. The Morgan fingerprint density at radius 2 is 0.807 bits per heavy atom. The summed E-state index contributed by atoms with van der Waals surface area (Å²) in [7, 11) is 0. The van der Waals surface area contributed by atoms with Crippen molar-refractivity contribution in [1.82, 2.24) is 0 Å². The zero-order valence-corrected chi connectivity index (χ0v) is 32.0. The molecule has 0 N–H and O–H groups in total. The van der Waals surface area contributed by atoms with Gasteiger partial charge in [0.15, 0.2) is 0 Å². The minimum Gasteiger partial charge on any atom is -0.309 e. The lowest BCUT2D eigenvalue weighted by molar-refractivity contribution is 0.660. The van der Waals surface area contributed by atoms with Gasteiger partial charge >= 0.3 is 0 Å². The third-order valence-electron chi connectivity index (χ3n) is 13.3. The second kappa shape index (κ2) is 11.8. The van der Waals surface area contributed by atoms with Crippen LogP contribution >= 0.6 is 0 Å². The Bertz CT molecular complexity index is 3080. The molecule has 3 aliphatic rings. The molecule has 0 saturated carbocycles. The Labute approximate surface area is 334 Å². The minimum atomic E-state index is -0.432. The predicted octanol–water partition coefficient (Wildman–Crippen LogP) is 14.6. The van der Waals surface area contributed by atoms with Crippen LogP contribution < -0.4 is 4.90 Å². The van der Waals surface area contributed by atoms with Crippen LogP contribution in [0.3, 0.4) is 0 Å². The summed E-state index contributed by atoms with van der Waals surface area (Å²) < 4.78 is 0. The molecule has 3 aliphatic carbocycles. The highest BCUT2D eigenvalue weighted by Gasteiger charge is 2.52. The van der Waals surface area contributed by atoms with E-state index in [1.807, 2.05) is 0 Å². The summed E-state index contributed by atoms with van der Waals surface area (Å²) in [6.45, 7) is 4.75. The maximum absolute atomic E-state index is 2.58. The number of hydrogen-bond acceptors (Lipinski definition) is 1. The lowest BCUT2D eigenvalue weighted by Crippen LogP contribution is -2.26. The maximum atomic E-state index is 2.58. The molecule has 1 heteroatoms. The summed E-state index contributed by atoms with van der Waals surface area (Å²) >= 11 is 0. The smallest absolute Gasteiger partial charge is 0.0726 e. The van der Waals surface area contributed by atoms with E-state index in [1.165, 1.54) is 100 Å². The van der Waals surface area contributed by atoms with Crippen molar-refractivity contribution in [3.63, 3.8) is 0 Å². The standard InChI is InChI=1S/C56H39N/c1-55(2)45-27-9-7-24-43(45)53-49(55)31-15-33-51(53)57(38-20-13-19-37(35-38)40-26-14-18-36-17-3-4-21-39(36)40)52-34-16-32-50-54(52)44-25-8-12-30-48(44)56(50)46-28-10-5-22-41(46)42-23-6-11-29-47(42)56/h3-35H,1-2H3. The topological polar surface area (TPSA) is 3.24 Å². The highest BCUT2D eigenvalue weighted by atomic mass is 15.1. The molecule has 9 aromatic rings. The molecular weight excluding hydrogens is 687 g/mol. The van der Waals surface area contributed by atoms with Gasteiger partial charge in [0.05, 0.1) is 16.8 Å². The van der Waals surface area contributed by atoms with E-state index in [0.717, 1.165) is 5.69 Å². The fourth-order valence-corrected chi connectivity index (χ4v) is 10.9. The third kappa shape index (κ3) is 4.24. The molecule has 1 nitrogen and oxygen atoms in total. The molecule has 9 aromatic carbocycles.